The molecule has 0 bridgehead atoms. The van der Waals surface area contributed by atoms with Crippen LogP contribution < -0.4 is 4.90 Å². The van der Waals surface area contributed by atoms with Crippen LogP contribution in [0.5, 0.6) is 0 Å². The molecule has 7 heteroatoms. The van der Waals surface area contributed by atoms with Gasteiger partial charge in [0.2, 0.25) is 0 Å². The molecule has 96 valence electrons. The van der Waals surface area contributed by atoms with E-state index in [-0.39, 0.29) is 0 Å². The Kier molecular flexibility index (Phi) is 3.05. The normalized spacial score (nSPS) is 20.6. The van der Waals surface area contributed by atoms with Crippen molar-refractivity contribution in [3.63, 3.8) is 0 Å². The fraction of sp³-hybridized carbons (Fsp3) is 0.545. The highest BCUT2D eigenvalue weighted by atomic mass is 35.5. The highest BCUT2D eigenvalue weighted by Crippen LogP contribution is 2.23. The van der Waals surface area contributed by atoms with Crippen molar-refractivity contribution < 1.29 is 4.74 Å². The van der Waals surface area contributed by atoms with Crippen LogP contribution >= 0.6 is 11.6 Å². The van der Waals surface area contributed by atoms with Crippen molar-refractivity contribution in [1.29, 1.82) is 0 Å². The number of nitrogens with zero attached hydrogens (tertiary/aromatic N) is 5. The quantitative estimate of drug-likeness (QED) is 0.770. The highest BCUT2D eigenvalue weighted by molar-refractivity contribution is 6.29. The van der Waals surface area contributed by atoms with Gasteiger partial charge in [0.05, 0.1) is 19.3 Å². The van der Waals surface area contributed by atoms with Gasteiger partial charge in [0.15, 0.2) is 0 Å². The molecular formula is C11H14ClN5O. The topological polar surface area (TPSA) is 55.5 Å². The van der Waals surface area contributed by atoms with Crippen LogP contribution in [-0.2, 0) is 4.74 Å². The molecule has 1 fully saturated rings. The first-order valence-electron chi connectivity index (χ1n) is 6.00. The van der Waals surface area contributed by atoms with Crippen LogP contribution in [0, 0.1) is 0 Å². The molecule has 2 aromatic heterocycles. The Bertz CT molecular complexity index is 557. The average molecular weight is 268 g/mol. The predicted octanol–water partition coefficient (Wildman–Crippen LogP) is 1.39. The van der Waals surface area contributed by atoms with Crippen LogP contribution in [0.15, 0.2) is 12.4 Å². The summed E-state index contributed by atoms with van der Waals surface area (Å²) >= 11 is 6.04. The van der Waals surface area contributed by atoms with Crippen LogP contribution in [0.25, 0.3) is 5.78 Å². The maximum absolute atomic E-state index is 6.04. The standard InChI is InChI=1S/C11H14ClN5O/c1-2-8-6-18-4-3-16(8)10-5-9(12)15-11-13-7-14-17(10)11/h5,7-8H,2-4,6H2,1H3. The van der Waals surface area contributed by atoms with Crippen molar-refractivity contribution in [1.82, 2.24) is 19.6 Å². The molecule has 0 spiro atoms. The SMILES string of the molecule is CCC1COCCN1c1cc(Cl)nc2ncnn12. The summed E-state index contributed by atoms with van der Waals surface area (Å²) in [6, 6.07) is 2.17. The number of hydrogen-bond donors (Lipinski definition) is 0. The molecule has 18 heavy (non-hydrogen) atoms. The molecule has 0 radical (unpaired) electrons. The average Bonchev–Trinajstić information content (AvgIpc) is 2.85. The van der Waals surface area contributed by atoms with Crippen molar-refractivity contribution in [3.05, 3.63) is 17.5 Å². The van der Waals surface area contributed by atoms with E-state index in [1.54, 1.807) is 4.52 Å². The molecule has 3 heterocycles. The molecule has 2 aromatic rings. The van der Waals surface area contributed by atoms with Gasteiger partial charge in [-0.3, -0.25) is 0 Å². The number of fused-ring (bicyclic) bond motifs is 1. The monoisotopic (exact) mass is 267 g/mol. The maximum Gasteiger partial charge on any atom is 0.255 e. The van der Waals surface area contributed by atoms with E-state index >= 15 is 0 Å². The minimum Gasteiger partial charge on any atom is -0.377 e. The zero-order valence-corrected chi connectivity index (χ0v) is 10.8. The van der Waals surface area contributed by atoms with Gasteiger partial charge in [-0.25, -0.2) is 0 Å². The lowest BCUT2D eigenvalue weighted by molar-refractivity contribution is 0.0923. The molecule has 1 aliphatic heterocycles. The summed E-state index contributed by atoms with van der Waals surface area (Å²) in [7, 11) is 0. The molecule has 1 unspecified atom stereocenters. The van der Waals surface area contributed by atoms with Gasteiger partial charge in [0, 0.05) is 12.6 Å². The van der Waals surface area contributed by atoms with Gasteiger partial charge in [0.1, 0.15) is 17.3 Å². The number of halogens is 1. The molecule has 0 saturated carbocycles. The second-order valence-electron chi connectivity index (χ2n) is 4.24. The summed E-state index contributed by atoms with van der Waals surface area (Å²) in [5, 5.41) is 4.64. The summed E-state index contributed by atoms with van der Waals surface area (Å²) < 4.78 is 7.24. The number of anilines is 1. The lowest BCUT2D eigenvalue weighted by atomic mass is 10.2. The Labute approximate surface area is 110 Å². The Morgan fingerprint density at radius 3 is 3.28 bits per heavy atom. The lowest BCUT2D eigenvalue weighted by Crippen LogP contribution is -2.46. The van der Waals surface area contributed by atoms with Crippen molar-refractivity contribution >= 4 is 23.2 Å². The smallest absolute Gasteiger partial charge is 0.255 e. The lowest BCUT2D eigenvalue weighted by Gasteiger charge is -2.36. The van der Waals surface area contributed by atoms with E-state index in [0.717, 1.165) is 25.4 Å². The third-order valence-corrected chi connectivity index (χ3v) is 3.39. The highest BCUT2D eigenvalue weighted by Gasteiger charge is 2.24. The number of morpholine rings is 1. The summed E-state index contributed by atoms with van der Waals surface area (Å²) in [6.07, 6.45) is 2.50. The third kappa shape index (κ3) is 1.91. The fourth-order valence-corrected chi connectivity index (χ4v) is 2.44. The molecule has 1 aliphatic rings. The second kappa shape index (κ2) is 4.70. The third-order valence-electron chi connectivity index (χ3n) is 3.19. The van der Waals surface area contributed by atoms with Crippen molar-refractivity contribution in [2.45, 2.75) is 19.4 Å². The zero-order valence-electron chi connectivity index (χ0n) is 10.1. The van der Waals surface area contributed by atoms with Gasteiger partial charge in [0.25, 0.3) is 5.78 Å². The molecule has 1 atom stereocenters. The van der Waals surface area contributed by atoms with Crippen LogP contribution in [0.2, 0.25) is 5.15 Å². The molecule has 1 saturated heterocycles. The summed E-state index contributed by atoms with van der Waals surface area (Å²) in [4.78, 5) is 10.5. The Morgan fingerprint density at radius 2 is 2.44 bits per heavy atom. The van der Waals surface area contributed by atoms with E-state index in [9.17, 15) is 0 Å². The van der Waals surface area contributed by atoms with Gasteiger partial charge in [-0.2, -0.15) is 19.6 Å². The minimum atomic E-state index is 0.338. The van der Waals surface area contributed by atoms with Gasteiger partial charge in [-0.1, -0.05) is 18.5 Å². The zero-order chi connectivity index (χ0) is 12.5. The van der Waals surface area contributed by atoms with Gasteiger partial charge < -0.3 is 9.64 Å². The Hall–Kier alpha value is -1.40. The Morgan fingerprint density at radius 1 is 1.56 bits per heavy atom. The molecule has 0 amide bonds. The van der Waals surface area contributed by atoms with E-state index in [4.69, 9.17) is 16.3 Å². The molecule has 3 rings (SSSR count). The summed E-state index contributed by atoms with van der Waals surface area (Å²) in [5.74, 6) is 1.46. The predicted molar refractivity (Wildman–Crippen MR) is 68.0 cm³/mol. The number of aromatic nitrogens is 4. The van der Waals surface area contributed by atoms with E-state index in [1.807, 2.05) is 6.07 Å². The minimum absolute atomic E-state index is 0.338. The summed E-state index contributed by atoms with van der Waals surface area (Å²) in [5.41, 5.74) is 0. The Balaban J connectivity index is 2.08. The van der Waals surface area contributed by atoms with Crippen molar-refractivity contribution in [2.75, 3.05) is 24.7 Å². The van der Waals surface area contributed by atoms with Crippen molar-refractivity contribution in [2.24, 2.45) is 0 Å². The van der Waals surface area contributed by atoms with Crippen LogP contribution in [0.1, 0.15) is 13.3 Å². The molecular weight excluding hydrogens is 254 g/mol. The second-order valence-corrected chi connectivity index (χ2v) is 4.63. The van der Waals surface area contributed by atoms with E-state index in [0.29, 0.717) is 23.6 Å². The van der Waals surface area contributed by atoms with Crippen LogP contribution in [0.4, 0.5) is 5.82 Å². The molecule has 0 N–H and O–H groups in total. The molecule has 0 aromatic carbocycles. The van der Waals surface area contributed by atoms with Gasteiger partial charge >= 0.3 is 0 Å². The number of ether oxygens (including phenoxy) is 1. The number of rotatable bonds is 2. The largest absolute Gasteiger partial charge is 0.377 e. The first-order valence-corrected chi connectivity index (χ1v) is 6.38. The van der Waals surface area contributed by atoms with E-state index in [2.05, 4.69) is 26.9 Å². The van der Waals surface area contributed by atoms with E-state index in [1.165, 1.54) is 6.33 Å². The first kappa shape index (κ1) is 11.7. The van der Waals surface area contributed by atoms with E-state index < -0.39 is 0 Å². The fourth-order valence-electron chi connectivity index (χ4n) is 2.27. The maximum atomic E-state index is 6.04. The molecule has 6 nitrogen and oxygen atoms in total. The van der Waals surface area contributed by atoms with Crippen LogP contribution in [0.3, 0.4) is 0 Å². The summed E-state index contributed by atoms with van der Waals surface area (Å²) in [6.45, 7) is 4.42. The van der Waals surface area contributed by atoms with Gasteiger partial charge in [-0.05, 0) is 6.42 Å². The van der Waals surface area contributed by atoms with Crippen LogP contribution in [-0.4, -0.2) is 45.4 Å². The van der Waals surface area contributed by atoms with Crippen molar-refractivity contribution in [3.8, 4) is 0 Å². The number of hydrogen-bond acceptors (Lipinski definition) is 5. The molecule has 0 aliphatic carbocycles. The first-order chi connectivity index (χ1) is 8.79. The van der Waals surface area contributed by atoms with Gasteiger partial charge in [-0.15, -0.1) is 0 Å².